The van der Waals surface area contributed by atoms with Crippen molar-refractivity contribution >= 4 is 46.9 Å². The van der Waals surface area contributed by atoms with Gasteiger partial charge in [-0.15, -0.1) is 0 Å². The number of carbonyl (C=O) groups excluding carboxylic acids is 5. The van der Waals surface area contributed by atoms with Crippen LogP contribution in [0.1, 0.15) is 98.5 Å². The summed E-state index contributed by atoms with van der Waals surface area (Å²) >= 11 is 6.70. The number of piperidine rings is 2. The monoisotopic (exact) mass is 1020 g/mol. The molecule has 0 aromatic heterocycles. The van der Waals surface area contributed by atoms with Crippen LogP contribution in [-0.2, 0) is 20.0 Å². The first-order valence-corrected chi connectivity index (χ1v) is 25.7. The second-order valence-electron chi connectivity index (χ2n) is 20.0. The van der Waals surface area contributed by atoms with Crippen molar-refractivity contribution < 1.29 is 51.7 Å². The summed E-state index contributed by atoms with van der Waals surface area (Å²) in [6.07, 6.45) is 8.03. The average Bonchev–Trinajstić information content (AvgIpc) is 3.68. The number of amides is 6. The third-order valence-corrected chi connectivity index (χ3v) is 16.3. The van der Waals surface area contributed by atoms with Crippen molar-refractivity contribution in [2.75, 3.05) is 65.0 Å². The lowest BCUT2D eigenvalue weighted by Gasteiger charge is -2.39. The van der Waals surface area contributed by atoms with Gasteiger partial charge in [-0.05, 0) is 99.5 Å². The van der Waals surface area contributed by atoms with Crippen molar-refractivity contribution in [3.05, 3.63) is 100 Å². The minimum absolute atomic E-state index is 0.0102. The number of hydrogen-bond donors (Lipinski definition) is 3. The van der Waals surface area contributed by atoms with E-state index < -0.39 is 35.1 Å². The predicted octanol–water partition coefficient (Wildman–Crippen LogP) is 8.33. The summed E-state index contributed by atoms with van der Waals surface area (Å²) in [7, 11) is 2.79. The molecule has 0 unspecified atom stereocenters. The fourth-order valence-electron chi connectivity index (χ4n) is 11.8. The summed E-state index contributed by atoms with van der Waals surface area (Å²) in [6, 6.07) is 18.0. The molecule has 6 amide bonds. The Kier molecular flexibility index (Phi) is 15.5. The summed E-state index contributed by atoms with van der Waals surface area (Å²) in [5, 5.41) is 5.70. The maximum Gasteiger partial charge on any atom is 0.328 e. The van der Waals surface area contributed by atoms with Crippen LogP contribution in [0.4, 0.5) is 19.3 Å². The van der Waals surface area contributed by atoms with Crippen LogP contribution < -0.4 is 40.2 Å². The number of nitrogens with two attached hydrogens (primary N) is 1. The minimum Gasteiger partial charge on any atom is -0.495 e. The third kappa shape index (κ3) is 10.5. The maximum atomic E-state index is 16.2. The van der Waals surface area contributed by atoms with Gasteiger partial charge in [0.2, 0.25) is 17.7 Å². The lowest BCUT2D eigenvalue weighted by Crippen LogP contribution is -2.49. The molecule has 4 heterocycles. The number of nitrogens with zero attached hydrogens (tertiary/aromatic N) is 3. The molecular weight excluding hydrogens is 962 g/mol. The highest BCUT2D eigenvalue weighted by Gasteiger charge is 2.50. The molecule has 73 heavy (non-hydrogen) atoms. The number of methoxy groups -OCH3 is 2. The molecule has 4 fully saturated rings. The van der Waals surface area contributed by atoms with Gasteiger partial charge in [0.25, 0.3) is 5.91 Å². The van der Waals surface area contributed by atoms with E-state index in [9.17, 15) is 24.0 Å². The van der Waals surface area contributed by atoms with E-state index in [1.165, 1.54) is 37.3 Å². The first-order chi connectivity index (χ1) is 35.2. The van der Waals surface area contributed by atoms with Gasteiger partial charge in [-0.3, -0.25) is 29.4 Å². The molecule has 5 aliphatic rings. The van der Waals surface area contributed by atoms with E-state index in [-0.39, 0.29) is 82.5 Å². The van der Waals surface area contributed by atoms with E-state index in [1.807, 2.05) is 42.2 Å². The van der Waals surface area contributed by atoms with Gasteiger partial charge in [-0.2, -0.15) is 0 Å². The molecule has 0 spiro atoms. The van der Waals surface area contributed by atoms with Crippen molar-refractivity contribution in [1.29, 1.82) is 0 Å². The SMILES string of the molecule is COc1ccc(OCC(=O)N2CCC(CC3CCN(C(=O)C4CCC(NC[C@]5(c6ccccc6)Oc6cc(F)c(Cl)c(-c7c(C(N)=O)ccc(OC)c7F)c6[C@@H]5C)CC4)CC3)CC2)cc1N1CCC(=O)NC1=O. The van der Waals surface area contributed by atoms with Crippen LogP contribution in [0.15, 0.2) is 66.7 Å². The number of benzene rings is 4. The molecule has 1 saturated carbocycles. The second kappa shape index (κ2) is 21.9. The molecule has 4 aromatic carbocycles. The number of halogens is 3. The normalized spacial score (nSPS) is 22.6. The van der Waals surface area contributed by atoms with E-state index in [0.29, 0.717) is 54.2 Å². The van der Waals surface area contributed by atoms with Crippen LogP contribution in [0.3, 0.4) is 0 Å². The van der Waals surface area contributed by atoms with Crippen molar-refractivity contribution in [3.63, 3.8) is 0 Å². The van der Waals surface area contributed by atoms with Crippen LogP contribution in [0.25, 0.3) is 11.1 Å². The predicted molar refractivity (Wildman–Crippen MR) is 270 cm³/mol. The Balaban J connectivity index is 0.748. The van der Waals surface area contributed by atoms with Crippen molar-refractivity contribution in [2.45, 2.75) is 88.7 Å². The van der Waals surface area contributed by atoms with Crippen LogP contribution in [0.2, 0.25) is 5.02 Å². The van der Waals surface area contributed by atoms with Gasteiger partial charge >= 0.3 is 6.03 Å². The summed E-state index contributed by atoms with van der Waals surface area (Å²) in [5.74, 6) is -1.51. The Hall–Kier alpha value is -6.46. The van der Waals surface area contributed by atoms with Gasteiger partial charge < -0.3 is 39.8 Å². The number of fused-ring (bicyclic) bond motifs is 1. The number of nitrogens with one attached hydrogen (secondary N) is 2. The van der Waals surface area contributed by atoms with Gasteiger partial charge in [-0.1, -0.05) is 48.9 Å². The molecule has 9 rings (SSSR count). The standard InChI is InChI=1S/C55H63ClF2N6O9/c1-32-47-44(29-40(57)50(56)49(47)48-39(52(59)67)14-16-43(71-3)51(48)58)73-55(32,36-7-5-4-6-8-36)31-60-37-11-9-35(10-12-37)53(68)63-24-19-34(20-25-63)27-33-17-22-62(23-18-33)46(66)30-72-38-13-15-42(70-2)41(28-38)64-26-21-45(65)61-54(64)69/h4-8,13-16,28-29,32-35,37,60H,9-12,17-27,30-31H2,1-3H3,(H2,59,67)(H,61,65,69)/t32-,35?,37?,55-/m0/s1. The minimum atomic E-state index is -1.08. The molecule has 1 aliphatic carbocycles. The number of carbonyl (C=O) groups is 5. The van der Waals surface area contributed by atoms with Crippen LogP contribution in [-0.4, -0.2) is 106 Å². The maximum absolute atomic E-state index is 16.2. The molecule has 15 nitrogen and oxygen atoms in total. The van der Waals surface area contributed by atoms with Crippen molar-refractivity contribution in [2.24, 2.45) is 23.5 Å². The molecule has 0 radical (unpaired) electrons. The third-order valence-electron chi connectivity index (χ3n) is 15.9. The largest absolute Gasteiger partial charge is 0.495 e. The van der Waals surface area contributed by atoms with Crippen LogP contribution in [0.5, 0.6) is 23.0 Å². The van der Waals surface area contributed by atoms with E-state index >= 15 is 8.78 Å². The van der Waals surface area contributed by atoms with Crippen molar-refractivity contribution in [3.8, 4) is 34.1 Å². The van der Waals surface area contributed by atoms with Gasteiger partial charge in [0.1, 0.15) is 23.1 Å². The van der Waals surface area contributed by atoms with E-state index in [1.54, 1.807) is 18.2 Å². The summed E-state index contributed by atoms with van der Waals surface area (Å²) in [4.78, 5) is 69.4. The quantitative estimate of drug-likeness (QED) is 0.105. The number of urea groups is 1. The van der Waals surface area contributed by atoms with Crippen molar-refractivity contribution in [1.82, 2.24) is 20.4 Å². The number of primary amides is 1. The lowest BCUT2D eigenvalue weighted by molar-refractivity contribution is -0.138. The lowest BCUT2D eigenvalue weighted by atomic mass is 9.77. The number of likely N-dealkylation sites (tertiary alicyclic amines) is 2. The Morgan fingerprint density at radius 3 is 2.14 bits per heavy atom. The zero-order valence-corrected chi connectivity index (χ0v) is 42.2. The number of rotatable bonds is 15. The molecular formula is C55H63ClF2N6O9. The Morgan fingerprint density at radius 1 is 0.836 bits per heavy atom. The zero-order chi connectivity index (χ0) is 51.6. The van der Waals surface area contributed by atoms with E-state index in [4.69, 9.17) is 36.3 Å². The molecule has 4 N–H and O–H groups in total. The number of imide groups is 1. The Labute approximate surface area is 429 Å². The van der Waals surface area contributed by atoms with E-state index in [0.717, 1.165) is 76.4 Å². The molecule has 4 aromatic rings. The molecule has 0 bridgehead atoms. The second-order valence-corrected chi connectivity index (χ2v) is 20.4. The van der Waals surface area contributed by atoms with Gasteiger partial charge in [-0.25, -0.2) is 13.6 Å². The summed E-state index contributed by atoms with van der Waals surface area (Å²) < 4.78 is 55.4. The average molecular weight is 1030 g/mol. The van der Waals surface area contributed by atoms with E-state index in [2.05, 4.69) is 15.5 Å². The van der Waals surface area contributed by atoms with Crippen LogP contribution in [0, 0.1) is 29.4 Å². The fraction of sp³-hybridized carbons (Fsp3) is 0.473. The number of hydrogen-bond acceptors (Lipinski definition) is 10. The smallest absolute Gasteiger partial charge is 0.328 e. The number of ether oxygens (including phenoxy) is 4. The number of anilines is 1. The zero-order valence-electron chi connectivity index (χ0n) is 41.5. The first kappa shape index (κ1) is 51.4. The molecule has 2 atom stereocenters. The Morgan fingerprint density at radius 2 is 1.49 bits per heavy atom. The highest BCUT2D eigenvalue weighted by atomic mass is 35.5. The molecule has 3 saturated heterocycles. The molecule has 18 heteroatoms. The summed E-state index contributed by atoms with van der Waals surface area (Å²) in [5.41, 5.74) is 5.95. The first-order valence-electron chi connectivity index (χ1n) is 25.3. The highest BCUT2D eigenvalue weighted by Crippen LogP contribution is 2.56. The fourth-order valence-corrected chi connectivity index (χ4v) is 12.0. The van der Waals surface area contributed by atoms with Gasteiger partial charge in [0.05, 0.1) is 30.5 Å². The van der Waals surface area contributed by atoms with Crippen LogP contribution >= 0.6 is 11.6 Å². The Bertz CT molecular complexity index is 2740. The topological polar surface area (TPSA) is 182 Å². The molecule has 4 aliphatic heterocycles. The summed E-state index contributed by atoms with van der Waals surface area (Å²) in [6.45, 7) is 5.11. The highest BCUT2D eigenvalue weighted by molar-refractivity contribution is 6.34. The molecule has 388 valence electrons. The van der Waals surface area contributed by atoms with Gasteiger partial charge in [0, 0.05) is 92.4 Å². The van der Waals surface area contributed by atoms with Gasteiger partial charge in [0.15, 0.2) is 23.8 Å².